The quantitative estimate of drug-likeness (QED) is 0.0228. The number of carbonyl (C=O) groups excluding carboxylic acids is 3. The first kappa shape index (κ1) is 75.2. The van der Waals surface area contributed by atoms with E-state index >= 15 is 0 Å². The van der Waals surface area contributed by atoms with Crippen LogP contribution < -0.4 is 0 Å². The lowest BCUT2D eigenvalue weighted by Gasteiger charge is -2.40. The molecule has 6 atom stereocenters. The summed E-state index contributed by atoms with van der Waals surface area (Å²) in [5, 5.41) is 31.6. The summed E-state index contributed by atoms with van der Waals surface area (Å²) in [7, 11) is 0. The van der Waals surface area contributed by atoms with Crippen LogP contribution in [0, 0.1) is 0 Å². The topological polar surface area (TPSA) is 175 Å². The van der Waals surface area contributed by atoms with Crippen LogP contribution in [0.15, 0.2) is 72.9 Å². The van der Waals surface area contributed by atoms with Gasteiger partial charge >= 0.3 is 23.9 Å². The molecule has 12 heteroatoms. The zero-order valence-electron chi connectivity index (χ0n) is 51.5. The Morgan fingerprint density at radius 1 is 0.420 bits per heavy atom. The highest BCUT2D eigenvalue weighted by atomic mass is 16.7. The van der Waals surface area contributed by atoms with Gasteiger partial charge in [-0.3, -0.25) is 14.4 Å². The Morgan fingerprint density at radius 2 is 0.778 bits per heavy atom. The lowest BCUT2D eigenvalue weighted by Crippen LogP contribution is -2.61. The molecule has 0 aromatic rings. The maximum Gasteiger partial charge on any atom is 0.335 e. The number of hydrogen-bond donors (Lipinski definition) is 3. The smallest absolute Gasteiger partial charge is 0.335 e. The predicted octanol–water partition coefficient (Wildman–Crippen LogP) is 17.7. The molecule has 0 aromatic heterocycles. The highest BCUT2D eigenvalue weighted by Crippen LogP contribution is 2.27. The molecule has 1 aliphatic rings. The number of hydrogen-bond acceptors (Lipinski definition) is 11. The van der Waals surface area contributed by atoms with Gasteiger partial charge in [0.05, 0.1) is 6.61 Å². The molecule has 466 valence electrons. The highest BCUT2D eigenvalue weighted by molar-refractivity contribution is 5.74. The monoisotopic (exact) mass is 1140 g/mol. The van der Waals surface area contributed by atoms with Crippen LogP contribution in [-0.4, -0.2) is 89.2 Å². The van der Waals surface area contributed by atoms with Gasteiger partial charge in [-0.05, 0) is 89.9 Å². The van der Waals surface area contributed by atoms with Crippen molar-refractivity contribution in [1.82, 2.24) is 0 Å². The average molecular weight is 1140 g/mol. The molecular formula is C69H118O12. The Kier molecular flexibility index (Phi) is 52.6. The molecule has 1 rings (SSSR count). The van der Waals surface area contributed by atoms with Crippen molar-refractivity contribution in [1.29, 1.82) is 0 Å². The fourth-order valence-corrected chi connectivity index (χ4v) is 9.74. The number of unbranched alkanes of at least 4 members (excludes halogenated alkanes) is 30. The number of ether oxygens (including phenoxy) is 5. The largest absolute Gasteiger partial charge is 0.479 e. The lowest BCUT2D eigenvalue weighted by molar-refractivity contribution is -0.301. The van der Waals surface area contributed by atoms with Crippen LogP contribution in [0.3, 0.4) is 0 Å². The second-order valence-electron chi connectivity index (χ2n) is 22.4. The molecule has 1 heterocycles. The van der Waals surface area contributed by atoms with E-state index in [4.69, 9.17) is 23.7 Å². The van der Waals surface area contributed by atoms with Gasteiger partial charge in [-0.25, -0.2) is 4.79 Å². The molecule has 3 N–H and O–H groups in total. The predicted molar refractivity (Wildman–Crippen MR) is 331 cm³/mol. The van der Waals surface area contributed by atoms with Gasteiger partial charge in [-0.2, -0.15) is 0 Å². The first-order valence-electron chi connectivity index (χ1n) is 32.9. The molecule has 0 amide bonds. The fourth-order valence-electron chi connectivity index (χ4n) is 9.74. The summed E-state index contributed by atoms with van der Waals surface area (Å²) in [5.41, 5.74) is 0. The molecule has 1 aliphatic heterocycles. The van der Waals surface area contributed by atoms with Gasteiger partial charge in [-0.1, -0.05) is 254 Å². The average Bonchev–Trinajstić information content (AvgIpc) is 3.53. The van der Waals surface area contributed by atoms with Crippen LogP contribution in [0.2, 0.25) is 0 Å². The summed E-state index contributed by atoms with van der Waals surface area (Å²) in [6.07, 6.45) is 60.0. The number of carbonyl (C=O) groups is 4. The third-order valence-corrected chi connectivity index (χ3v) is 14.8. The van der Waals surface area contributed by atoms with E-state index in [1.165, 1.54) is 128 Å². The summed E-state index contributed by atoms with van der Waals surface area (Å²) in [6.45, 7) is 5.88. The third kappa shape index (κ3) is 46.3. The van der Waals surface area contributed by atoms with Crippen LogP contribution in [0.25, 0.3) is 0 Å². The molecule has 0 spiro atoms. The Bertz CT molecular complexity index is 1680. The van der Waals surface area contributed by atoms with E-state index in [1.807, 2.05) is 0 Å². The van der Waals surface area contributed by atoms with Crippen molar-refractivity contribution >= 4 is 23.9 Å². The van der Waals surface area contributed by atoms with E-state index in [0.29, 0.717) is 19.3 Å². The number of aliphatic hydroxyl groups excluding tert-OH is 2. The van der Waals surface area contributed by atoms with Gasteiger partial charge in [0, 0.05) is 19.3 Å². The first-order valence-corrected chi connectivity index (χ1v) is 32.9. The van der Waals surface area contributed by atoms with Crippen LogP contribution in [0.5, 0.6) is 0 Å². The number of allylic oxidation sites excluding steroid dienone is 12. The Balaban J connectivity index is 2.66. The minimum atomic E-state index is -1.91. The third-order valence-electron chi connectivity index (χ3n) is 14.8. The minimum Gasteiger partial charge on any atom is -0.479 e. The molecule has 12 nitrogen and oxygen atoms in total. The first-order chi connectivity index (χ1) is 39.6. The lowest BCUT2D eigenvalue weighted by atomic mass is 9.98. The van der Waals surface area contributed by atoms with Gasteiger partial charge in [-0.15, -0.1) is 0 Å². The molecule has 6 unspecified atom stereocenters. The number of carboxylic acids is 1. The van der Waals surface area contributed by atoms with Crippen molar-refractivity contribution in [3.8, 4) is 0 Å². The van der Waals surface area contributed by atoms with Crippen molar-refractivity contribution in [3.63, 3.8) is 0 Å². The van der Waals surface area contributed by atoms with Gasteiger partial charge < -0.3 is 39.0 Å². The van der Waals surface area contributed by atoms with Crippen molar-refractivity contribution in [2.75, 3.05) is 13.2 Å². The molecule has 0 bridgehead atoms. The van der Waals surface area contributed by atoms with E-state index in [1.54, 1.807) is 0 Å². The van der Waals surface area contributed by atoms with Crippen LogP contribution in [0.1, 0.15) is 290 Å². The summed E-state index contributed by atoms with van der Waals surface area (Å²) >= 11 is 0. The van der Waals surface area contributed by atoms with Gasteiger partial charge in [0.2, 0.25) is 0 Å². The van der Waals surface area contributed by atoms with Crippen molar-refractivity contribution in [3.05, 3.63) is 72.9 Å². The maximum atomic E-state index is 13.2. The molecule has 81 heavy (non-hydrogen) atoms. The summed E-state index contributed by atoms with van der Waals surface area (Å²) in [5.74, 6) is -3.14. The van der Waals surface area contributed by atoms with Gasteiger partial charge in [0.1, 0.15) is 18.8 Å². The Labute approximate surface area is 493 Å². The molecule has 0 aromatic carbocycles. The van der Waals surface area contributed by atoms with E-state index in [9.17, 15) is 34.5 Å². The molecule has 0 saturated carbocycles. The van der Waals surface area contributed by atoms with Crippen molar-refractivity contribution < 1.29 is 58.2 Å². The molecular weight excluding hydrogens is 1020 g/mol. The summed E-state index contributed by atoms with van der Waals surface area (Å²) in [4.78, 5) is 51.3. The number of rotatable bonds is 56. The number of aliphatic carboxylic acids is 1. The van der Waals surface area contributed by atoms with Crippen molar-refractivity contribution in [2.24, 2.45) is 0 Å². The Hall–Kier alpha value is -3.84. The fraction of sp³-hybridized carbons (Fsp3) is 0.768. The van der Waals surface area contributed by atoms with E-state index in [0.717, 1.165) is 103 Å². The second kappa shape index (κ2) is 56.6. The minimum absolute atomic E-state index is 0.0319. The normalized spacial score (nSPS) is 18.2. The van der Waals surface area contributed by atoms with Gasteiger partial charge in [0.15, 0.2) is 24.6 Å². The van der Waals surface area contributed by atoms with E-state index < -0.39 is 67.3 Å². The molecule has 1 fully saturated rings. The highest BCUT2D eigenvalue weighted by Gasteiger charge is 2.50. The maximum absolute atomic E-state index is 13.2. The number of aliphatic hydroxyl groups is 2. The number of esters is 3. The van der Waals surface area contributed by atoms with Gasteiger partial charge in [0.25, 0.3) is 0 Å². The molecule has 0 radical (unpaired) electrons. The van der Waals surface area contributed by atoms with Crippen molar-refractivity contribution in [2.45, 2.75) is 327 Å². The van der Waals surface area contributed by atoms with Crippen LogP contribution in [-0.2, 0) is 42.9 Å². The summed E-state index contributed by atoms with van der Waals surface area (Å²) in [6, 6.07) is 0. The standard InChI is InChI=1S/C69H118O12/c1-4-7-10-13-16-19-22-25-28-30-31-33-35-37-40-43-46-49-52-55-61(70)77-58-60(79-62(71)56-53-50-47-44-41-38-34-27-24-21-18-15-12-9-6-3)59-78-69-67(65(74)64(73)66(81-69)68(75)76)80-63(72)57-54-51-48-45-42-39-36-32-29-26-23-20-17-14-11-8-5-2/h8,11,16-17,19-20,25-26,28-29,36,39,60,64-67,69,73-74H,4-7,9-10,12-15,18,21-24,27,30-35,37-38,40-59H2,1-3H3,(H,75,76)/b11-8-,19-16-,20-17-,28-25-,29-26-,39-36-. The zero-order chi connectivity index (χ0) is 58.9. The van der Waals surface area contributed by atoms with E-state index in [2.05, 4.69) is 93.7 Å². The SMILES string of the molecule is CC/C=C\C/C=C\C/C=C\C/C=C\CCCCCCC(=O)OC1C(OCC(COC(=O)CCCCCCCCCCC/C=C\C/C=C\CCCCC)OC(=O)CCCCCCCCCCCCCCCCC)OC(C(=O)O)C(O)C1O. The zero-order valence-corrected chi connectivity index (χ0v) is 51.5. The van der Waals surface area contributed by atoms with E-state index in [-0.39, 0.29) is 25.9 Å². The van der Waals surface area contributed by atoms with Crippen LogP contribution >= 0.6 is 0 Å². The Morgan fingerprint density at radius 3 is 1.21 bits per heavy atom. The van der Waals surface area contributed by atoms with Crippen LogP contribution in [0.4, 0.5) is 0 Å². The molecule has 1 saturated heterocycles. The second-order valence-corrected chi connectivity index (χ2v) is 22.4. The number of carboxylic acid groups (broad SMARTS) is 1. The summed E-state index contributed by atoms with van der Waals surface area (Å²) < 4.78 is 28.5. The molecule has 0 aliphatic carbocycles.